The maximum absolute atomic E-state index is 2.38. The SMILES string of the molecule is CC(C)C[C](CC(C)C)=[Ti+2][CH]1C=CC=C1.[Cl-].[Cl-]. The number of allylic oxidation sites excluding steroid dienone is 4. The summed E-state index contributed by atoms with van der Waals surface area (Å²) in [6.45, 7) is 9.36. The largest absolute Gasteiger partial charge is 1.00 e. The smallest absolute Gasteiger partial charge is 1.00 e. The third-order valence-corrected chi connectivity index (χ3v) is 4.82. The van der Waals surface area contributed by atoms with Crippen molar-refractivity contribution in [2.75, 3.05) is 0 Å². The van der Waals surface area contributed by atoms with Crippen LogP contribution in [0.25, 0.3) is 0 Å². The van der Waals surface area contributed by atoms with Gasteiger partial charge in [0.15, 0.2) is 0 Å². The van der Waals surface area contributed by atoms with Gasteiger partial charge < -0.3 is 24.8 Å². The van der Waals surface area contributed by atoms with Crippen LogP contribution < -0.4 is 24.8 Å². The molecule has 0 bridgehead atoms. The molecule has 1 rings (SSSR count). The Morgan fingerprint density at radius 1 is 0.941 bits per heavy atom. The first-order valence-corrected chi connectivity index (χ1v) is 7.72. The van der Waals surface area contributed by atoms with E-state index < -0.39 is 0 Å². The molecule has 0 N–H and O–H groups in total. The number of rotatable bonds is 5. The van der Waals surface area contributed by atoms with Gasteiger partial charge in [-0.05, 0) is 0 Å². The number of hydrogen-bond acceptors (Lipinski definition) is 0. The van der Waals surface area contributed by atoms with Crippen LogP contribution in [0.15, 0.2) is 24.3 Å². The maximum atomic E-state index is 2.38. The summed E-state index contributed by atoms with van der Waals surface area (Å²) in [5.41, 5.74) is 0. The number of halogens is 2. The van der Waals surface area contributed by atoms with Crippen molar-refractivity contribution in [2.24, 2.45) is 11.8 Å². The van der Waals surface area contributed by atoms with Crippen LogP contribution in [0.4, 0.5) is 0 Å². The number of hydrogen-bond donors (Lipinski definition) is 0. The molecular formula is C14H23Cl2Ti. The Balaban J connectivity index is 0. The van der Waals surface area contributed by atoms with Crippen LogP contribution in [0.2, 0.25) is 4.22 Å². The minimum atomic E-state index is 0. The predicted molar refractivity (Wildman–Crippen MR) is 65.9 cm³/mol. The second kappa shape index (κ2) is 10.6. The average Bonchev–Trinajstić information content (AvgIpc) is 2.53. The molecular weight excluding hydrogens is 287 g/mol. The summed E-state index contributed by atoms with van der Waals surface area (Å²) in [5.74, 6) is 1.66. The normalized spacial score (nSPS) is 13.5. The van der Waals surface area contributed by atoms with E-state index >= 15 is 0 Å². The first-order chi connectivity index (χ1) is 7.08. The summed E-state index contributed by atoms with van der Waals surface area (Å²) in [4.78, 5) is 0. The Kier molecular flexibility index (Phi) is 12.4. The van der Waals surface area contributed by atoms with E-state index in [1.54, 1.807) is 0 Å². The van der Waals surface area contributed by atoms with Crippen LogP contribution in [0.5, 0.6) is 0 Å². The molecule has 0 unspecified atom stereocenters. The summed E-state index contributed by atoms with van der Waals surface area (Å²) >= 11 is 0.0900. The predicted octanol–water partition coefficient (Wildman–Crippen LogP) is -1.74. The molecule has 0 aromatic heterocycles. The average molecular weight is 310 g/mol. The van der Waals surface area contributed by atoms with Crippen molar-refractivity contribution in [3.63, 3.8) is 0 Å². The molecule has 1 aliphatic carbocycles. The van der Waals surface area contributed by atoms with E-state index in [4.69, 9.17) is 0 Å². The zero-order valence-corrected chi connectivity index (χ0v) is 14.3. The molecule has 3 heteroatoms. The van der Waals surface area contributed by atoms with Crippen LogP contribution in [0.3, 0.4) is 0 Å². The van der Waals surface area contributed by atoms with Crippen LogP contribution in [0.1, 0.15) is 40.5 Å². The summed E-state index contributed by atoms with van der Waals surface area (Å²) < 4.78 is 2.68. The van der Waals surface area contributed by atoms with Gasteiger partial charge in [-0.15, -0.1) is 0 Å². The molecule has 0 atom stereocenters. The Morgan fingerprint density at radius 2 is 1.35 bits per heavy atom. The Morgan fingerprint density at radius 3 is 1.71 bits per heavy atom. The molecule has 0 fully saturated rings. The molecule has 1 aliphatic rings. The summed E-state index contributed by atoms with van der Waals surface area (Å²) in [6, 6.07) is 0. The fourth-order valence-corrected chi connectivity index (χ4v) is 4.98. The fourth-order valence-electron chi connectivity index (χ4n) is 1.95. The van der Waals surface area contributed by atoms with E-state index in [0.717, 1.165) is 16.1 Å². The van der Waals surface area contributed by atoms with Crippen molar-refractivity contribution in [3.8, 4) is 0 Å². The Hall–Kier alpha value is 0.644. The van der Waals surface area contributed by atoms with Gasteiger partial charge in [0.05, 0.1) is 0 Å². The van der Waals surface area contributed by atoms with E-state index in [-0.39, 0.29) is 43.5 Å². The van der Waals surface area contributed by atoms with Gasteiger partial charge in [0.1, 0.15) is 0 Å². The molecule has 0 nitrogen and oxygen atoms in total. The molecule has 0 saturated heterocycles. The van der Waals surface area contributed by atoms with Crippen LogP contribution in [0, 0.1) is 11.8 Å². The van der Waals surface area contributed by atoms with Gasteiger partial charge in [-0.25, -0.2) is 0 Å². The summed E-state index contributed by atoms with van der Waals surface area (Å²) in [6.07, 6.45) is 11.9. The monoisotopic (exact) mass is 309 g/mol. The first-order valence-electron chi connectivity index (χ1n) is 6.04. The molecule has 0 spiro atoms. The maximum Gasteiger partial charge on any atom is -1.00 e. The summed E-state index contributed by atoms with van der Waals surface area (Å²) in [5, 5.41) is 0. The molecule has 0 aliphatic heterocycles. The van der Waals surface area contributed by atoms with E-state index in [1.165, 1.54) is 12.8 Å². The van der Waals surface area contributed by atoms with Gasteiger partial charge in [-0.2, -0.15) is 0 Å². The Labute approximate surface area is 128 Å². The van der Waals surface area contributed by atoms with Gasteiger partial charge >= 0.3 is 103 Å². The van der Waals surface area contributed by atoms with Gasteiger partial charge in [0.2, 0.25) is 0 Å². The van der Waals surface area contributed by atoms with Gasteiger partial charge in [0, 0.05) is 0 Å². The molecule has 17 heavy (non-hydrogen) atoms. The minimum absolute atomic E-state index is 0. The molecule has 0 amide bonds. The third kappa shape index (κ3) is 9.25. The van der Waals surface area contributed by atoms with Crippen LogP contribution in [-0.2, 0) is 18.7 Å². The standard InChI is InChI=1S/C9H18.C5H5.2ClH.Ti/c1-8(2)6-5-7-9(3)4;1-2-4-5-3-1;;;/h8-9H,6-7H2,1-4H3;1-5H;2*1H;/q;;;;+2/p-2. The van der Waals surface area contributed by atoms with Crippen molar-refractivity contribution < 1.29 is 43.5 Å². The van der Waals surface area contributed by atoms with Gasteiger partial charge in [0.25, 0.3) is 0 Å². The zero-order valence-electron chi connectivity index (χ0n) is 11.2. The molecule has 0 aromatic carbocycles. The first kappa shape index (κ1) is 20.0. The summed E-state index contributed by atoms with van der Waals surface area (Å²) in [7, 11) is 0. The van der Waals surface area contributed by atoms with Crippen LogP contribution in [-0.4, -0.2) is 3.81 Å². The van der Waals surface area contributed by atoms with Crippen molar-refractivity contribution in [2.45, 2.75) is 44.8 Å². The Bertz CT molecular complexity index is 254. The van der Waals surface area contributed by atoms with Crippen molar-refractivity contribution in [3.05, 3.63) is 24.3 Å². The molecule has 0 saturated carbocycles. The van der Waals surface area contributed by atoms with Crippen molar-refractivity contribution in [1.29, 1.82) is 0 Å². The quantitative estimate of drug-likeness (QED) is 0.529. The van der Waals surface area contributed by atoms with E-state index in [0.29, 0.717) is 0 Å². The second-order valence-corrected chi connectivity index (χ2v) is 7.84. The van der Waals surface area contributed by atoms with E-state index in [9.17, 15) is 0 Å². The van der Waals surface area contributed by atoms with Crippen molar-refractivity contribution in [1.82, 2.24) is 0 Å². The molecule has 0 aromatic rings. The van der Waals surface area contributed by atoms with Gasteiger partial charge in [-0.3, -0.25) is 0 Å². The second-order valence-electron chi connectivity index (χ2n) is 5.24. The third-order valence-electron chi connectivity index (χ3n) is 2.43. The molecule has 0 radical (unpaired) electrons. The van der Waals surface area contributed by atoms with Crippen molar-refractivity contribution >= 4 is 3.81 Å². The molecule has 0 heterocycles. The van der Waals surface area contributed by atoms with Gasteiger partial charge in [-0.1, -0.05) is 0 Å². The minimum Gasteiger partial charge on any atom is -1.00 e. The van der Waals surface area contributed by atoms with E-state index in [1.807, 2.05) is 3.81 Å². The topological polar surface area (TPSA) is 0 Å². The van der Waals surface area contributed by atoms with Crippen LogP contribution >= 0.6 is 0 Å². The fraction of sp³-hybridized carbons (Fsp3) is 0.643. The zero-order chi connectivity index (χ0) is 11.3. The molecule has 97 valence electrons. The van der Waals surface area contributed by atoms with E-state index in [2.05, 4.69) is 52.0 Å².